The van der Waals surface area contributed by atoms with E-state index in [0.29, 0.717) is 35.5 Å². The van der Waals surface area contributed by atoms with Gasteiger partial charge in [0.2, 0.25) is 0 Å². The molecule has 0 unspecified atom stereocenters. The third-order valence-electron chi connectivity index (χ3n) is 5.59. The monoisotopic (exact) mass is 473 g/mol. The van der Waals surface area contributed by atoms with Crippen molar-refractivity contribution in [1.82, 2.24) is 14.9 Å². The van der Waals surface area contributed by atoms with Crippen molar-refractivity contribution in [3.63, 3.8) is 0 Å². The number of methoxy groups -OCH3 is 2. The van der Waals surface area contributed by atoms with Crippen LogP contribution in [0, 0.1) is 6.92 Å². The molecule has 0 bridgehead atoms. The molecule has 1 heterocycles. The molecular weight excluding hydrogens is 446 g/mol. The predicted molar refractivity (Wildman–Crippen MR) is 132 cm³/mol. The van der Waals surface area contributed by atoms with Gasteiger partial charge in [0.1, 0.15) is 5.82 Å². The molecule has 1 aromatic heterocycles. The maximum Gasteiger partial charge on any atom is 0.338 e. The fourth-order valence-corrected chi connectivity index (χ4v) is 3.88. The SMILES string of the molecule is COc1ccc(CCNC(=O)COC(=O)c2ccc3c(c2)nc(C)n3-c2ccccc2)cc1OC. The van der Waals surface area contributed by atoms with Crippen LogP contribution in [0.5, 0.6) is 11.5 Å². The van der Waals surface area contributed by atoms with Gasteiger partial charge in [0.05, 0.1) is 30.8 Å². The highest BCUT2D eigenvalue weighted by molar-refractivity contribution is 5.95. The van der Waals surface area contributed by atoms with Gasteiger partial charge in [-0.05, 0) is 61.4 Å². The molecule has 4 aromatic rings. The van der Waals surface area contributed by atoms with Crippen molar-refractivity contribution in [3.05, 3.63) is 83.7 Å². The number of benzene rings is 3. The number of carbonyl (C=O) groups is 2. The van der Waals surface area contributed by atoms with E-state index in [1.807, 2.05) is 66.1 Å². The molecule has 0 saturated heterocycles. The number of aromatic nitrogens is 2. The van der Waals surface area contributed by atoms with Gasteiger partial charge >= 0.3 is 5.97 Å². The van der Waals surface area contributed by atoms with Gasteiger partial charge in [0, 0.05) is 12.2 Å². The van der Waals surface area contributed by atoms with Crippen molar-refractivity contribution < 1.29 is 23.8 Å². The Morgan fingerprint density at radius 1 is 0.943 bits per heavy atom. The minimum Gasteiger partial charge on any atom is -0.493 e. The first-order valence-corrected chi connectivity index (χ1v) is 11.2. The lowest BCUT2D eigenvalue weighted by molar-refractivity contribution is -0.124. The van der Waals surface area contributed by atoms with Gasteiger partial charge in [0.15, 0.2) is 18.1 Å². The fraction of sp³-hybridized carbons (Fsp3) is 0.222. The Balaban J connectivity index is 1.32. The van der Waals surface area contributed by atoms with Gasteiger partial charge in [-0.3, -0.25) is 9.36 Å². The molecule has 0 aliphatic carbocycles. The van der Waals surface area contributed by atoms with Gasteiger partial charge < -0.3 is 19.5 Å². The first-order chi connectivity index (χ1) is 17.0. The van der Waals surface area contributed by atoms with Crippen molar-refractivity contribution in [2.24, 2.45) is 0 Å². The molecule has 0 radical (unpaired) electrons. The Bertz CT molecular complexity index is 1350. The second-order valence-corrected chi connectivity index (χ2v) is 7.90. The lowest BCUT2D eigenvalue weighted by atomic mass is 10.1. The number of fused-ring (bicyclic) bond motifs is 1. The molecule has 1 amide bonds. The smallest absolute Gasteiger partial charge is 0.338 e. The topological polar surface area (TPSA) is 91.7 Å². The van der Waals surface area contributed by atoms with Crippen molar-refractivity contribution in [1.29, 1.82) is 0 Å². The highest BCUT2D eigenvalue weighted by Gasteiger charge is 2.15. The van der Waals surface area contributed by atoms with Gasteiger partial charge in [-0.1, -0.05) is 24.3 Å². The van der Waals surface area contributed by atoms with Crippen LogP contribution in [0.4, 0.5) is 0 Å². The standard InChI is InChI=1S/C27H27N3O5/c1-18-29-22-16-20(10-11-23(22)30(18)21-7-5-4-6-8-21)27(32)35-17-26(31)28-14-13-19-9-12-24(33-2)25(15-19)34-3/h4-12,15-16H,13-14,17H2,1-3H3,(H,28,31). The summed E-state index contributed by atoms with van der Waals surface area (Å²) in [5.74, 6) is 1.14. The second-order valence-electron chi connectivity index (χ2n) is 7.90. The lowest BCUT2D eigenvalue weighted by Crippen LogP contribution is -2.30. The average Bonchev–Trinajstić information content (AvgIpc) is 3.22. The summed E-state index contributed by atoms with van der Waals surface area (Å²) in [6.07, 6.45) is 0.597. The maximum absolute atomic E-state index is 12.5. The second kappa shape index (κ2) is 10.7. The van der Waals surface area contributed by atoms with E-state index < -0.39 is 5.97 Å². The van der Waals surface area contributed by atoms with Crippen LogP contribution in [-0.2, 0) is 16.0 Å². The summed E-state index contributed by atoms with van der Waals surface area (Å²) in [4.78, 5) is 29.3. The number of nitrogens with one attached hydrogen (secondary N) is 1. The van der Waals surface area contributed by atoms with E-state index in [1.165, 1.54) is 0 Å². The van der Waals surface area contributed by atoms with Crippen LogP contribution in [0.3, 0.4) is 0 Å². The van der Waals surface area contributed by atoms with Crippen LogP contribution < -0.4 is 14.8 Å². The molecule has 8 heteroatoms. The van der Waals surface area contributed by atoms with Crippen molar-refractivity contribution in [3.8, 4) is 17.2 Å². The summed E-state index contributed by atoms with van der Waals surface area (Å²) in [7, 11) is 3.15. The van der Waals surface area contributed by atoms with Crippen LogP contribution in [-0.4, -0.2) is 48.8 Å². The fourth-order valence-electron chi connectivity index (χ4n) is 3.88. The van der Waals surface area contributed by atoms with E-state index in [2.05, 4.69) is 10.3 Å². The first kappa shape index (κ1) is 23.8. The molecule has 35 heavy (non-hydrogen) atoms. The highest BCUT2D eigenvalue weighted by atomic mass is 16.5. The number of hydrogen-bond donors (Lipinski definition) is 1. The average molecular weight is 474 g/mol. The molecule has 1 N–H and O–H groups in total. The summed E-state index contributed by atoms with van der Waals surface area (Å²) in [6.45, 7) is 1.95. The quantitative estimate of drug-likeness (QED) is 0.371. The van der Waals surface area contributed by atoms with E-state index in [4.69, 9.17) is 14.2 Å². The van der Waals surface area contributed by atoms with Gasteiger partial charge in [-0.25, -0.2) is 9.78 Å². The van der Waals surface area contributed by atoms with E-state index in [-0.39, 0.29) is 12.5 Å². The number of imidazole rings is 1. The molecule has 0 spiro atoms. The highest BCUT2D eigenvalue weighted by Crippen LogP contribution is 2.27. The number of aryl methyl sites for hydroxylation is 1. The summed E-state index contributed by atoms with van der Waals surface area (Å²) in [5, 5.41) is 2.76. The molecule has 180 valence electrons. The zero-order valence-electron chi connectivity index (χ0n) is 19.9. The molecule has 8 nitrogen and oxygen atoms in total. The minimum atomic E-state index is -0.575. The van der Waals surface area contributed by atoms with Crippen LogP contribution in [0.2, 0.25) is 0 Å². The number of ether oxygens (including phenoxy) is 3. The molecule has 0 aliphatic heterocycles. The molecule has 0 atom stereocenters. The lowest BCUT2D eigenvalue weighted by Gasteiger charge is -2.10. The number of para-hydroxylation sites is 1. The number of carbonyl (C=O) groups excluding carboxylic acids is 2. The molecule has 0 aliphatic rings. The van der Waals surface area contributed by atoms with Crippen molar-refractivity contribution >= 4 is 22.9 Å². The van der Waals surface area contributed by atoms with E-state index in [0.717, 1.165) is 22.6 Å². The van der Waals surface area contributed by atoms with E-state index in [1.54, 1.807) is 26.4 Å². The largest absolute Gasteiger partial charge is 0.493 e. The maximum atomic E-state index is 12.5. The number of rotatable bonds is 9. The first-order valence-electron chi connectivity index (χ1n) is 11.2. The molecule has 3 aromatic carbocycles. The Kier molecular flexibility index (Phi) is 7.30. The van der Waals surface area contributed by atoms with Gasteiger partial charge in [-0.2, -0.15) is 0 Å². The molecule has 0 saturated carbocycles. The minimum absolute atomic E-state index is 0.341. The van der Waals surface area contributed by atoms with E-state index >= 15 is 0 Å². The molecule has 0 fully saturated rings. The third kappa shape index (κ3) is 5.43. The van der Waals surface area contributed by atoms with Crippen LogP contribution in [0.25, 0.3) is 16.7 Å². The Morgan fingerprint density at radius 3 is 2.46 bits per heavy atom. The summed E-state index contributed by atoms with van der Waals surface area (Å²) in [5.41, 5.74) is 3.89. The van der Waals surface area contributed by atoms with E-state index in [9.17, 15) is 9.59 Å². The van der Waals surface area contributed by atoms with Gasteiger partial charge in [-0.15, -0.1) is 0 Å². The van der Waals surface area contributed by atoms with Crippen LogP contribution >= 0.6 is 0 Å². The van der Waals surface area contributed by atoms with Crippen LogP contribution in [0.1, 0.15) is 21.7 Å². The number of esters is 1. The van der Waals surface area contributed by atoms with Crippen molar-refractivity contribution in [2.75, 3.05) is 27.4 Å². The van der Waals surface area contributed by atoms with Crippen LogP contribution in [0.15, 0.2) is 66.7 Å². The number of hydrogen-bond acceptors (Lipinski definition) is 6. The Hall–Kier alpha value is -4.33. The molecule has 4 rings (SSSR count). The summed E-state index contributed by atoms with van der Waals surface area (Å²) < 4.78 is 17.8. The number of nitrogens with zero attached hydrogens (tertiary/aromatic N) is 2. The summed E-state index contributed by atoms with van der Waals surface area (Å²) >= 11 is 0. The van der Waals surface area contributed by atoms with Crippen molar-refractivity contribution in [2.45, 2.75) is 13.3 Å². The third-order valence-corrected chi connectivity index (χ3v) is 5.59. The van der Waals surface area contributed by atoms with Gasteiger partial charge in [0.25, 0.3) is 5.91 Å². The Morgan fingerprint density at radius 2 is 1.71 bits per heavy atom. The predicted octanol–water partition coefficient (Wildman–Crippen LogP) is 3.87. The summed E-state index contributed by atoms with van der Waals surface area (Å²) in [6, 6.07) is 20.7. The zero-order chi connectivity index (χ0) is 24.8. The Labute approximate surface area is 203 Å². The normalized spacial score (nSPS) is 10.7. The number of amides is 1. The molecular formula is C27H27N3O5. The zero-order valence-corrected chi connectivity index (χ0v) is 19.9.